The van der Waals surface area contributed by atoms with Gasteiger partial charge in [-0.1, -0.05) is 35.9 Å². The van der Waals surface area contributed by atoms with Gasteiger partial charge in [-0.05, 0) is 43.4 Å². The molecule has 19 heavy (non-hydrogen) atoms. The summed E-state index contributed by atoms with van der Waals surface area (Å²) in [4.78, 5) is 4.46. The van der Waals surface area contributed by atoms with E-state index in [-0.39, 0.29) is 6.10 Å². The number of aromatic nitrogens is 1. The summed E-state index contributed by atoms with van der Waals surface area (Å²) in [5.74, 6) is 0.760. The number of pyridine rings is 1. The topological polar surface area (TPSA) is 22.1 Å². The van der Waals surface area contributed by atoms with E-state index in [1.165, 1.54) is 24.0 Å². The van der Waals surface area contributed by atoms with E-state index in [2.05, 4.69) is 36.2 Å². The minimum absolute atomic E-state index is 0.0401. The van der Waals surface area contributed by atoms with Crippen LogP contribution in [-0.4, -0.2) is 11.6 Å². The molecule has 0 radical (unpaired) electrons. The van der Waals surface area contributed by atoms with E-state index < -0.39 is 0 Å². The second-order valence-electron chi connectivity index (χ2n) is 5.33. The summed E-state index contributed by atoms with van der Waals surface area (Å²) in [5.41, 5.74) is 3.45. The fourth-order valence-corrected chi connectivity index (χ4v) is 2.23. The highest BCUT2D eigenvalue weighted by Gasteiger charge is 2.24. The highest BCUT2D eigenvalue weighted by atomic mass is 16.5. The van der Waals surface area contributed by atoms with Gasteiger partial charge in [0, 0.05) is 6.20 Å². The van der Waals surface area contributed by atoms with Crippen LogP contribution in [0.15, 0.2) is 48.7 Å². The zero-order valence-electron chi connectivity index (χ0n) is 11.3. The lowest BCUT2D eigenvalue weighted by molar-refractivity contribution is 0.0691. The third-order valence-electron chi connectivity index (χ3n) is 3.50. The van der Waals surface area contributed by atoms with Gasteiger partial charge < -0.3 is 4.74 Å². The Morgan fingerprint density at radius 3 is 2.79 bits per heavy atom. The number of nitrogens with zero attached hydrogens (tertiary/aromatic N) is 1. The van der Waals surface area contributed by atoms with Crippen LogP contribution in [0, 0.1) is 12.8 Å². The monoisotopic (exact) mass is 253 g/mol. The van der Waals surface area contributed by atoms with E-state index in [0.29, 0.717) is 0 Å². The van der Waals surface area contributed by atoms with Crippen molar-refractivity contribution < 1.29 is 4.74 Å². The molecule has 3 rings (SSSR count). The number of hydrogen-bond donors (Lipinski definition) is 0. The van der Waals surface area contributed by atoms with E-state index in [1.807, 2.05) is 24.4 Å². The number of rotatable bonds is 5. The summed E-state index contributed by atoms with van der Waals surface area (Å²) >= 11 is 0. The molecule has 2 heteroatoms. The largest absolute Gasteiger partial charge is 0.367 e. The number of ether oxygens (including phenoxy) is 1. The summed E-state index contributed by atoms with van der Waals surface area (Å²) < 4.78 is 6.13. The summed E-state index contributed by atoms with van der Waals surface area (Å²) in [6.07, 6.45) is 4.41. The van der Waals surface area contributed by atoms with Crippen molar-refractivity contribution in [3.8, 4) is 0 Å². The molecule has 2 aromatic rings. The van der Waals surface area contributed by atoms with E-state index in [1.54, 1.807) is 0 Å². The van der Waals surface area contributed by atoms with Crippen molar-refractivity contribution in [2.75, 3.05) is 6.61 Å². The first-order valence-corrected chi connectivity index (χ1v) is 6.92. The third-order valence-corrected chi connectivity index (χ3v) is 3.50. The highest BCUT2D eigenvalue weighted by Crippen LogP contribution is 2.33. The molecule has 1 aromatic heterocycles. The smallest absolute Gasteiger partial charge is 0.124 e. The molecule has 0 N–H and O–H groups in total. The van der Waals surface area contributed by atoms with E-state index in [9.17, 15) is 0 Å². The van der Waals surface area contributed by atoms with Crippen LogP contribution in [0.3, 0.4) is 0 Å². The van der Waals surface area contributed by atoms with Crippen molar-refractivity contribution in [2.24, 2.45) is 5.92 Å². The average molecular weight is 253 g/mol. The van der Waals surface area contributed by atoms with Gasteiger partial charge in [0.1, 0.15) is 6.10 Å². The Balaban J connectivity index is 1.86. The van der Waals surface area contributed by atoms with Crippen molar-refractivity contribution >= 4 is 0 Å². The summed E-state index contributed by atoms with van der Waals surface area (Å²) in [6.45, 7) is 2.95. The minimum atomic E-state index is -0.0401. The molecule has 1 saturated carbocycles. The molecule has 0 saturated heterocycles. The average Bonchev–Trinajstić information content (AvgIpc) is 3.25. The molecule has 0 amide bonds. The molecule has 1 aromatic carbocycles. The summed E-state index contributed by atoms with van der Waals surface area (Å²) in [7, 11) is 0. The number of benzene rings is 1. The molecule has 1 fully saturated rings. The van der Waals surface area contributed by atoms with Gasteiger partial charge in [0.25, 0.3) is 0 Å². The van der Waals surface area contributed by atoms with Gasteiger partial charge in [-0.2, -0.15) is 0 Å². The van der Waals surface area contributed by atoms with Crippen LogP contribution >= 0.6 is 0 Å². The Morgan fingerprint density at radius 2 is 2.11 bits per heavy atom. The van der Waals surface area contributed by atoms with Gasteiger partial charge in [0.05, 0.1) is 12.3 Å². The predicted molar refractivity (Wildman–Crippen MR) is 75.9 cm³/mol. The molecule has 1 atom stereocenters. The standard InChI is InChI=1S/C17H19NO/c1-13-5-4-6-15(11-13)17(19-12-14-8-9-14)16-7-2-3-10-18-16/h2-7,10-11,14,17H,8-9,12H2,1H3. The van der Waals surface area contributed by atoms with Crippen LogP contribution < -0.4 is 0 Å². The molecule has 1 heterocycles. The van der Waals surface area contributed by atoms with Gasteiger partial charge >= 0.3 is 0 Å². The van der Waals surface area contributed by atoms with Gasteiger partial charge in [0.15, 0.2) is 0 Å². The first-order chi connectivity index (χ1) is 9.33. The first kappa shape index (κ1) is 12.4. The molecule has 0 spiro atoms. The Labute approximate surface area is 114 Å². The van der Waals surface area contributed by atoms with Gasteiger partial charge in [-0.15, -0.1) is 0 Å². The number of hydrogen-bond acceptors (Lipinski definition) is 2. The highest BCUT2D eigenvalue weighted by molar-refractivity contribution is 5.29. The van der Waals surface area contributed by atoms with Crippen molar-refractivity contribution in [1.29, 1.82) is 0 Å². The molecular weight excluding hydrogens is 234 g/mol. The summed E-state index contributed by atoms with van der Waals surface area (Å²) in [6, 6.07) is 14.5. The molecule has 98 valence electrons. The zero-order chi connectivity index (χ0) is 13.1. The van der Waals surface area contributed by atoms with Crippen molar-refractivity contribution in [3.05, 3.63) is 65.5 Å². The van der Waals surface area contributed by atoms with Gasteiger partial charge in [-0.3, -0.25) is 4.98 Å². The Kier molecular flexibility index (Phi) is 3.60. The molecule has 1 unspecified atom stereocenters. The molecule has 1 aliphatic carbocycles. The molecule has 1 aliphatic rings. The maximum absolute atomic E-state index is 6.13. The lowest BCUT2D eigenvalue weighted by Gasteiger charge is -2.18. The fourth-order valence-electron chi connectivity index (χ4n) is 2.23. The lowest BCUT2D eigenvalue weighted by atomic mass is 10.0. The number of aryl methyl sites for hydroxylation is 1. The van der Waals surface area contributed by atoms with Crippen molar-refractivity contribution in [2.45, 2.75) is 25.9 Å². The lowest BCUT2D eigenvalue weighted by Crippen LogP contribution is -2.10. The maximum atomic E-state index is 6.13. The SMILES string of the molecule is Cc1cccc(C(OCC2CC2)c2ccccn2)c1. The van der Waals surface area contributed by atoms with Crippen LogP contribution in [0.2, 0.25) is 0 Å². The molecule has 2 nitrogen and oxygen atoms in total. The van der Waals surface area contributed by atoms with Gasteiger partial charge in [-0.25, -0.2) is 0 Å². The fraction of sp³-hybridized carbons (Fsp3) is 0.353. The second-order valence-corrected chi connectivity index (χ2v) is 5.33. The van der Waals surface area contributed by atoms with Crippen LogP contribution in [-0.2, 0) is 4.74 Å². The van der Waals surface area contributed by atoms with Crippen LogP contribution in [0.25, 0.3) is 0 Å². The minimum Gasteiger partial charge on any atom is -0.367 e. The normalized spacial score (nSPS) is 16.3. The zero-order valence-corrected chi connectivity index (χ0v) is 11.3. The molecular formula is C17H19NO. The third kappa shape index (κ3) is 3.21. The van der Waals surface area contributed by atoms with Crippen molar-refractivity contribution in [3.63, 3.8) is 0 Å². The first-order valence-electron chi connectivity index (χ1n) is 6.92. The Bertz CT molecular complexity index is 534. The van der Waals surface area contributed by atoms with Crippen LogP contribution in [0.5, 0.6) is 0 Å². The van der Waals surface area contributed by atoms with Crippen LogP contribution in [0.1, 0.15) is 35.8 Å². The Morgan fingerprint density at radius 1 is 1.21 bits per heavy atom. The maximum Gasteiger partial charge on any atom is 0.124 e. The Hall–Kier alpha value is -1.67. The van der Waals surface area contributed by atoms with Crippen LogP contribution in [0.4, 0.5) is 0 Å². The predicted octanol–water partition coefficient (Wildman–Crippen LogP) is 3.91. The van der Waals surface area contributed by atoms with Crippen molar-refractivity contribution in [1.82, 2.24) is 4.98 Å². The quantitative estimate of drug-likeness (QED) is 0.806. The molecule has 0 bridgehead atoms. The van der Waals surface area contributed by atoms with E-state index in [0.717, 1.165) is 18.2 Å². The second kappa shape index (κ2) is 5.54. The van der Waals surface area contributed by atoms with E-state index in [4.69, 9.17) is 4.74 Å². The molecule has 0 aliphatic heterocycles. The summed E-state index contributed by atoms with van der Waals surface area (Å²) in [5, 5.41) is 0. The van der Waals surface area contributed by atoms with Gasteiger partial charge in [0.2, 0.25) is 0 Å². The van der Waals surface area contributed by atoms with E-state index >= 15 is 0 Å².